The van der Waals surface area contributed by atoms with Crippen molar-refractivity contribution in [3.63, 3.8) is 0 Å². The summed E-state index contributed by atoms with van der Waals surface area (Å²) in [4.78, 5) is 23.7. The molecule has 0 N–H and O–H groups in total. The number of para-hydroxylation sites is 1. The molecule has 0 aliphatic carbocycles. The maximum atomic E-state index is 12.5. The fraction of sp³-hybridized carbons (Fsp3) is 0.300. The maximum Gasteiger partial charge on any atom is 0.347 e. The zero-order valence-electron chi connectivity index (χ0n) is 16.4. The van der Waals surface area contributed by atoms with E-state index in [1.54, 1.807) is 38.1 Å². The largest absolute Gasteiger partial charge is 0.426 e. The summed E-state index contributed by atoms with van der Waals surface area (Å²) in [5, 5.41) is 0. The summed E-state index contributed by atoms with van der Waals surface area (Å²) < 4.78 is 37.9. The summed E-state index contributed by atoms with van der Waals surface area (Å²) in [6.07, 6.45) is 0. The summed E-state index contributed by atoms with van der Waals surface area (Å²) in [7, 11) is -1.59. The standard InChI is InChI=1S/C20H23O8P/c1-4-24-20(25-5-2,28-29-23)15-10-12-16(13-11-15)27-19(22)17-8-6-7-9-18(17)26-14(3)21/h6-13H,4-5,29H2,1-3H3. The molecule has 9 heteroatoms. The Hall–Kier alpha value is -2.51. The van der Waals surface area contributed by atoms with Gasteiger partial charge in [0.25, 0.3) is 0 Å². The van der Waals surface area contributed by atoms with Gasteiger partial charge in [-0.15, -0.1) is 0 Å². The molecule has 0 heterocycles. The molecule has 2 aromatic rings. The SMILES string of the molecule is CCOC(OCC)(O[PH2]=O)c1ccc(OC(=O)c2ccccc2OC(C)=O)cc1. The third kappa shape index (κ3) is 5.98. The van der Waals surface area contributed by atoms with Gasteiger partial charge in [0, 0.05) is 12.5 Å². The number of ether oxygens (including phenoxy) is 4. The second-order valence-electron chi connectivity index (χ2n) is 5.64. The molecule has 1 unspecified atom stereocenters. The predicted molar refractivity (Wildman–Crippen MR) is 106 cm³/mol. The molecular formula is C20H23O8P. The van der Waals surface area contributed by atoms with Crippen molar-refractivity contribution < 1.29 is 37.6 Å². The average molecular weight is 422 g/mol. The lowest BCUT2D eigenvalue weighted by atomic mass is 10.1. The third-order valence-electron chi connectivity index (χ3n) is 3.65. The van der Waals surface area contributed by atoms with Gasteiger partial charge in [0.15, 0.2) is 8.69 Å². The fourth-order valence-electron chi connectivity index (χ4n) is 2.56. The van der Waals surface area contributed by atoms with E-state index in [1.165, 1.54) is 31.2 Å². The molecule has 0 radical (unpaired) electrons. The van der Waals surface area contributed by atoms with Crippen molar-refractivity contribution in [1.82, 2.24) is 0 Å². The molecular weight excluding hydrogens is 399 g/mol. The summed E-state index contributed by atoms with van der Waals surface area (Å²) in [5.41, 5.74) is 0.577. The number of carbonyl (C=O) groups excluding carboxylic acids is 2. The van der Waals surface area contributed by atoms with Crippen LogP contribution < -0.4 is 9.47 Å². The minimum Gasteiger partial charge on any atom is -0.426 e. The third-order valence-corrected chi connectivity index (χ3v) is 4.06. The summed E-state index contributed by atoms with van der Waals surface area (Å²) in [6.45, 7) is 5.30. The number of carbonyl (C=O) groups is 2. The number of benzene rings is 2. The van der Waals surface area contributed by atoms with Crippen LogP contribution in [-0.4, -0.2) is 25.2 Å². The van der Waals surface area contributed by atoms with E-state index in [1.807, 2.05) is 0 Å². The molecule has 0 amide bonds. The van der Waals surface area contributed by atoms with Gasteiger partial charge >= 0.3 is 17.9 Å². The van der Waals surface area contributed by atoms with Crippen LogP contribution >= 0.6 is 8.69 Å². The number of hydrogen-bond acceptors (Lipinski definition) is 8. The lowest BCUT2D eigenvalue weighted by molar-refractivity contribution is -0.350. The maximum absolute atomic E-state index is 12.5. The highest BCUT2D eigenvalue weighted by Crippen LogP contribution is 2.34. The molecule has 1 atom stereocenters. The van der Waals surface area contributed by atoms with E-state index >= 15 is 0 Å². The lowest BCUT2D eigenvalue weighted by Crippen LogP contribution is -2.34. The van der Waals surface area contributed by atoms with Crippen molar-refractivity contribution in [2.75, 3.05) is 13.2 Å². The summed E-state index contributed by atoms with van der Waals surface area (Å²) in [6, 6.07) is 12.5. The Kier molecular flexibility index (Phi) is 8.54. The number of esters is 2. The van der Waals surface area contributed by atoms with Crippen molar-refractivity contribution in [2.24, 2.45) is 0 Å². The Labute approximate surface area is 170 Å². The van der Waals surface area contributed by atoms with Crippen LogP contribution in [0.4, 0.5) is 0 Å². The highest BCUT2D eigenvalue weighted by Gasteiger charge is 2.35. The van der Waals surface area contributed by atoms with Gasteiger partial charge in [-0.25, -0.2) is 4.79 Å². The van der Waals surface area contributed by atoms with Crippen LogP contribution in [0.25, 0.3) is 0 Å². The molecule has 0 saturated heterocycles. The highest BCUT2D eigenvalue weighted by atomic mass is 31.1. The number of rotatable bonds is 10. The molecule has 0 bridgehead atoms. The van der Waals surface area contributed by atoms with Crippen LogP contribution in [-0.2, 0) is 29.3 Å². The molecule has 2 aromatic carbocycles. The summed E-state index contributed by atoms with van der Waals surface area (Å²) >= 11 is 0. The molecule has 0 aliphatic rings. The van der Waals surface area contributed by atoms with Gasteiger partial charge in [0.2, 0.25) is 0 Å². The minimum atomic E-state index is -1.59. The second kappa shape index (κ2) is 10.9. The van der Waals surface area contributed by atoms with E-state index in [4.69, 9.17) is 23.5 Å². The van der Waals surface area contributed by atoms with Crippen molar-refractivity contribution in [2.45, 2.75) is 26.7 Å². The minimum absolute atomic E-state index is 0.111. The van der Waals surface area contributed by atoms with Gasteiger partial charge in [0.1, 0.15) is 17.1 Å². The first kappa shape index (κ1) is 22.8. The summed E-state index contributed by atoms with van der Waals surface area (Å²) in [5.74, 6) is -2.47. The van der Waals surface area contributed by atoms with Crippen molar-refractivity contribution in [1.29, 1.82) is 0 Å². The second-order valence-corrected chi connectivity index (χ2v) is 6.07. The van der Waals surface area contributed by atoms with Crippen molar-refractivity contribution in [3.8, 4) is 11.5 Å². The lowest BCUT2D eigenvalue weighted by Gasteiger charge is -2.30. The highest BCUT2D eigenvalue weighted by molar-refractivity contribution is 7.17. The van der Waals surface area contributed by atoms with E-state index in [-0.39, 0.29) is 30.3 Å². The van der Waals surface area contributed by atoms with Crippen LogP contribution in [0, 0.1) is 0 Å². The van der Waals surface area contributed by atoms with Gasteiger partial charge in [-0.05, 0) is 50.2 Å². The molecule has 156 valence electrons. The first-order valence-corrected chi connectivity index (χ1v) is 9.89. The molecule has 8 nitrogen and oxygen atoms in total. The van der Waals surface area contributed by atoms with Crippen molar-refractivity contribution in [3.05, 3.63) is 59.7 Å². The Bertz CT molecular complexity index is 844. The van der Waals surface area contributed by atoms with E-state index < -0.39 is 26.6 Å². The average Bonchev–Trinajstić information content (AvgIpc) is 2.69. The molecule has 29 heavy (non-hydrogen) atoms. The Morgan fingerprint density at radius 3 is 2.10 bits per heavy atom. The zero-order chi connectivity index (χ0) is 21.3. The smallest absolute Gasteiger partial charge is 0.347 e. The van der Waals surface area contributed by atoms with Crippen LogP contribution in [0.1, 0.15) is 36.7 Å². The fourth-order valence-corrected chi connectivity index (χ4v) is 2.95. The van der Waals surface area contributed by atoms with Gasteiger partial charge in [0.05, 0.1) is 13.2 Å². The Balaban J connectivity index is 2.23. The van der Waals surface area contributed by atoms with Crippen LogP contribution in [0.2, 0.25) is 0 Å². The molecule has 0 fully saturated rings. The van der Waals surface area contributed by atoms with Gasteiger partial charge in [-0.3, -0.25) is 13.9 Å². The van der Waals surface area contributed by atoms with E-state index in [9.17, 15) is 14.2 Å². The molecule has 0 saturated carbocycles. The Morgan fingerprint density at radius 1 is 0.931 bits per heavy atom. The molecule has 2 rings (SSSR count). The molecule has 0 aromatic heterocycles. The topological polar surface area (TPSA) is 97.4 Å². The van der Waals surface area contributed by atoms with Crippen LogP contribution in [0.5, 0.6) is 11.5 Å². The zero-order valence-corrected chi connectivity index (χ0v) is 17.5. The Morgan fingerprint density at radius 2 is 1.55 bits per heavy atom. The van der Waals surface area contributed by atoms with Crippen molar-refractivity contribution >= 4 is 20.6 Å². The van der Waals surface area contributed by atoms with E-state index in [2.05, 4.69) is 0 Å². The first-order valence-electron chi connectivity index (χ1n) is 8.95. The predicted octanol–water partition coefficient (Wildman–Crippen LogP) is 3.70. The van der Waals surface area contributed by atoms with Gasteiger partial charge in [-0.1, -0.05) is 12.1 Å². The van der Waals surface area contributed by atoms with E-state index in [0.29, 0.717) is 5.56 Å². The van der Waals surface area contributed by atoms with E-state index in [0.717, 1.165) is 0 Å². The molecule has 0 spiro atoms. The molecule has 0 aliphatic heterocycles. The van der Waals surface area contributed by atoms with Crippen LogP contribution in [0.15, 0.2) is 48.5 Å². The first-order chi connectivity index (χ1) is 14.0. The van der Waals surface area contributed by atoms with Gasteiger partial charge in [-0.2, -0.15) is 0 Å². The number of hydrogen-bond donors (Lipinski definition) is 0. The normalized spacial score (nSPS) is 11.6. The van der Waals surface area contributed by atoms with Crippen LogP contribution in [0.3, 0.4) is 0 Å². The monoisotopic (exact) mass is 422 g/mol. The quantitative estimate of drug-likeness (QED) is 0.247. The van der Waals surface area contributed by atoms with Gasteiger partial charge < -0.3 is 18.9 Å².